The molecule has 174 valence electrons. The van der Waals surface area contributed by atoms with Crippen LogP contribution >= 0.6 is 0 Å². The summed E-state index contributed by atoms with van der Waals surface area (Å²) in [7, 11) is 0. The molecule has 1 fully saturated rings. The first-order valence-corrected chi connectivity index (χ1v) is 11.7. The molecule has 0 aliphatic carbocycles. The third-order valence-electron chi connectivity index (χ3n) is 6.47. The van der Waals surface area contributed by atoms with Gasteiger partial charge in [-0.25, -0.2) is 0 Å². The van der Waals surface area contributed by atoms with Crippen LogP contribution in [0.4, 0.5) is 11.4 Å². The van der Waals surface area contributed by atoms with Gasteiger partial charge in [0.25, 0.3) is 0 Å². The number of nitrogens with one attached hydrogen (secondary N) is 2. The van der Waals surface area contributed by atoms with E-state index in [0.29, 0.717) is 0 Å². The lowest BCUT2D eigenvalue weighted by Gasteiger charge is -2.35. The summed E-state index contributed by atoms with van der Waals surface area (Å²) in [6.07, 6.45) is 0. The van der Waals surface area contributed by atoms with Crippen molar-refractivity contribution < 1.29 is 9.47 Å². The Bertz CT molecular complexity index is 1230. The molecule has 1 saturated heterocycles. The number of hydrogen-bond donors (Lipinski definition) is 2. The summed E-state index contributed by atoms with van der Waals surface area (Å²) in [4.78, 5) is 4.82. The Hall–Kier alpha value is -3.62. The second kappa shape index (κ2) is 8.62. The zero-order valence-electron chi connectivity index (χ0n) is 19.5. The summed E-state index contributed by atoms with van der Waals surface area (Å²) in [6, 6.07) is 16.8. The molecule has 8 heteroatoms. The number of ether oxygens (including phenoxy) is 2. The molecule has 2 N–H and O–H groups in total. The maximum absolute atomic E-state index is 6.49. The van der Waals surface area contributed by atoms with E-state index in [1.807, 2.05) is 26.0 Å². The van der Waals surface area contributed by atoms with E-state index in [1.54, 1.807) is 0 Å². The number of rotatable bonds is 5. The van der Waals surface area contributed by atoms with Crippen LogP contribution in [0.1, 0.15) is 11.4 Å². The van der Waals surface area contributed by atoms with Crippen LogP contribution in [0.2, 0.25) is 0 Å². The molecule has 0 radical (unpaired) electrons. The Morgan fingerprint density at radius 3 is 1.82 bits per heavy atom. The standard InChI is InChI=1S/C26H28N6O2/c1-17-13-21(29-27-17)19-3-5-23-25(15-19)34-26-16-20(22-14-18(2)28-30-22)4-6-24(26)32(23)8-7-31-9-11-33-12-10-31/h3-6,13-16H,7-12H2,1-2H3,(H,27,29)(H,28,30). The van der Waals surface area contributed by atoms with E-state index in [0.717, 1.165) is 96.2 Å². The van der Waals surface area contributed by atoms with Crippen LogP contribution < -0.4 is 9.64 Å². The lowest BCUT2D eigenvalue weighted by atomic mass is 10.1. The fourth-order valence-corrected chi connectivity index (χ4v) is 4.64. The largest absolute Gasteiger partial charge is 0.453 e. The lowest BCUT2D eigenvalue weighted by Crippen LogP contribution is -2.41. The molecule has 0 spiro atoms. The summed E-state index contributed by atoms with van der Waals surface area (Å²) in [5, 5.41) is 14.9. The number of fused-ring (bicyclic) bond motifs is 2. The molecule has 2 aliphatic heterocycles. The van der Waals surface area contributed by atoms with Crippen molar-refractivity contribution in [2.24, 2.45) is 0 Å². The maximum atomic E-state index is 6.49. The third-order valence-corrected chi connectivity index (χ3v) is 6.47. The highest BCUT2D eigenvalue weighted by Crippen LogP contribution is 2.48. The molecular weight excluding hydrogens is 428 g/mol. The number of H-pyrrole nitrogens is 2. The predicted molar refractivity (Wildman–Crippen MR) is 132 cm³/mol. The smallest absolute Gasteiger partial charge is 0.151 e. The maximum Gasteiger partial charge on any atom is 0.151 e. The van der Waals surface area contributed by atoms with Crippen molar-refractivity contribution in [3.8, 4) is 34.0 Å². The number of aryl methyl sites for hydroxylation is 2. The number of nitrogens with zero attached hydrogens (tertiary/aromatic N) is 4. The van der Waals surface area contributed by atoms with Gasteiger partial charge >= 0.3 is 0 Å². The van der Waals surface area contributed by atoms with E-state index in [4.69, 9.17) is 9.47 Å². The van der Waals surface area contributed by atoms with Gasteiger partial charge in [0.1, 0.15) is 0 Å². The molecule has 2 aliphatic rings. The van der Waals surface area contributed by atoms with Gasteiger partial charge in [0.2, 0.25) is 0 Å². The molecule has 0 unspecified atom stereocenters. The number of anilines is 2. The van der Waals surface area contributed by atoms with E-state index in [2.05, 4.69) is 66.6 Å². The minimum absolute atomic E-state index is 0.801. The number of hydrogen-bond acceptors (Lipinski definition) is 6. The number of morpholine rings is 1. The molecular formula is C26H28N6O2. The van der Waals surface area contributed by atoms with Gasteiger partial charge in [-0.15, -0.1) is 0 Å². The fraction of sp³-hybridized carbons (Fsp3) is 0.308. The van der Waals surface area contributed by atoms with Crippen molar-refractivity contribution in [1.82, 2.24) is 25.3 Å². The van der Waals surface area contributed by atoms with E-state index in [1.165, 1.54) is 0 Å². The van der Waals surface area contributed by atoms with Crippen molar-refractivity contribution in [2.45, 2.75) is 13.8 Å². The van der Waals surface area contributed by atoms with E-state index >= 15 is 0 Å². The van der Waals surface area contributed by atoms with Gasteiger partial charge in [-0.3, -0.25) is 15.1 Å². The van der Waals surface area contributed by atoms with E-state index in [-0.39, 0.29) is 0 Å². The van der Waals surface area contributed by atoms with Crippen LogP contribution in [0.3, 0.4) is 0 Å². The average molecular weight is 457 g/mol. The topological polar surface area (TPSA) is 82.3 Å². The van der Waals surface area contributed by atoms with Crippen molar-refractivity contribution in [3.05, 3.63) is 59.9 Å². The average Bonchev–Trinajstić information content (AvgIpc) is 3.50. The molecule has 0 amide bonds. The third kappa shape index (κ3) is 3.95. The minimum atomic E-state index is 0.801. The summed E-state index contributed by atoms with van der Waals surface area (Å²) >= 11 is 0. The first-order chi connectivity index (χ1) is 16.6. The highest BCUT2D eigenvalue weighted by molar-refractivity contribution is 5.82. The molecule has 6 rings (SSSR count). The molecule has 4 heterocycles. The summed E-state index contributed by atoms with van der Waals surface area (Å²) < 4.78 is 12.0. The zero-order valence-corrected chi connectivity index (χ0v) is 19.5. The van der Waals surface area contributed by atoms with Gasteiger partial charge in [-0.05, 0) is 50.2 Å². The Kier molecular flexibility index (Phi) is 5.31. The number of aromatic nitrogens is 4. The molecule has 2 aromatic heterocycles. The number of benzene rings is 2. The van der Waals surface area contributed by atoms with Crippen molar-refractivity contribution in [3.63, 3.8) is 0 Å². The van der Waals surface area contributed by atoms with Crippen LogP contribution in [0.25, 0.3) is 22.5 Å². The van der Waals surface area contributed by atoms with Crippen LogP contribution in [0.15, 0.2) is 48.5 Å². The van der Waals surface area contributed by atoms with Gasteiger partial charge in [0.15, 0.2) is 11.5 Å². The Morgan fingerprint density at radius 1 is 0.765 bits per heavy atom. The van der Waals surface area contributed by atoms with Crippen molar-refractivity contribution >= 4 is 11.4 Å². The first-order valence-electron chi connectivity index (χ1n) is 11.7. The van der Waals surface area contributed by atoms with Crippen LogP contribution in [-0.2, 0) is 4.74 Å². The van der Waals surface area contributed by atoms with Gasteiger partial charge in [0, 0.05) is 48.7 Å². The van der Waals surface area contributed by atoms with Gasteiger partial charge < -0.3 is 14.4 Å². The molecule has 34 heavy (non-hydrogen) atoms. The van der Waals surface area contributed by atoms with Crippen molar-refractivity contribution in [2.75, 3.05) is 44.3 Å². The SMILES string of the molecule is Cc1cc(-c2ccc3c(c2)Oc2cc(-c4cc(C)[nH]n4)ccc2N3CCN2CCOCC2)n[nH]1. The monoisotopic (exact) mass is 456 g/mol. The van der Waals surface area contributed by atoms with Crippen LogP contribution in [0, 0.1) is 13.8 Å². The second-order valence-electron chi connectivity index (χ2n) is 8.95. The summed E-state index contributed by atoms with van der Waals surface area (Å²) in [5.41, 5.74) is 8.08. The lowest BCUT2D eigenvalue weighted by molar-refractivity contribution is 0.0394. The highest BCUT2D eigenvalue weighted by atomic mass is 16.5. The Morgan fingerprint density at radius 2 is 1.32 bits per heavy atom. The Labute approximate surface area is 198 Å². The van der Waals surface area contributed by atoms with Gasteiger partial charge in [0.05, 0.1) is 36.0 Å². The van der Waals surface area contributed by atoms with E-state index < -0.39 is 0 Å². The molecule has 0 bridgehead atoms. The quantitative estimate of drug-likeness (QED) is 0.455. The second-order valence-corrected chi connectivity index (χ2v) is 8.95. The van der Waals surface area contributed by atoms with E-state index in [9.17, 15) is 0 Å². The van der Waals surface area contributed by atoms with Gasteiger partial charge in [-0.2, -0.15) is 10.2 Å². The van der Waals surface area contributed by atoms with Crippen LogP contribution in [0.5, 0.6) is 11.5 Å². The first kappa shape index (κ1) is 20.9. The minimum Gasteiger partial charge on any atom is -0.453 e. The molecule has 0 atom stereocenters. The molecule has 0 saturated carbocycles. The highest BCUT2D eigenvalue weighted by Gasteiger charge is 2.26. The number of aromatic amines is 2. The normalized spacial score (nSPS) is 15.6. The molecule has 4 aromatic rings. The summed E-state index contributed by atoms with van der Waals surface area (Å²) in [6.45, 7) is 9.39. The zero-order chi connectivity index (χ0) is 23.1. The summed E-state index contributed by atoms with van der Waals surface area (Å²) in [5.74, 6) is 1.67. The fourth-order valence-electron chi connectivity index (χ4n) is 4.64. The predicted octanol–water partition coefficient (Wildman–Crippen LogP) is 4.66. The van der Waals surface area contributed by atoms with Crippen LogP contribution in [-0.4, -0.2) is 64.7 Å². The van der Waals surface area contributed by atoms with Crippen molar-refractivity contribution in [1.29, 1.82) is 0 Å². The van der Waals surface area contributed by atoms with Gasteiger partial charge in [-0.1, -0.05) is 12.1 Å². The Balaban J connectivity index is 1.37. The molecule has 8 nitrogen and oxygen atoms in total. The molecule has 2 aromatic carbocycles.